The van der Waals surface area contributed by atoms with E-state index in [0.29, 0.717) is 30.9 Å². The van der Waals surface area contributed by atoms with Crippen molar-refractivity contribution >= 4 is 17.5 Å². The van der Waals surface area contributed by atoms with Crippen LogP contribution in [0.15, 0.2) is 18.2 Å². The molecule has 7 heteroatoms. The van der Waals surface area contributed by atoms with Crippen LogP contribution in [0.3, 0.4) is 0 Å². The van der Waals surface area contributed by atoms with E-state index in [0.717, 1.165) is 50.9 Å². The molecule has 7 nitrogen and oxygen atoms in total. The largest absolute Gasteiger partial charge is 0.398 e. The first-order valence-corrected chi connectivity index (χ1v) is 10.9. The zero-order valence-corrected chi connectivity index (χ0v) is 17.5. The van der Waals surface area contributed by atoms with Crippen molar-refractivity contribution in [2.75, 3.05) is 64.6 Å². The Kier molecular flexibility index (Phi) is 6.06. The number of nitrogens with zero attached hydrogens (tertiary/aromatic N) is 4. The van der Waals surface area contributed by atoms with Crippen LogP contribution in [0.1, 0.15) is 35.2 Å². The summed E-state index contributed by atoms with van der Waals surface area (Å²) in [4.78, 5) is 34.1. The molecule has 3 aliphatic rings. The fraction of sp³-hybridized carbons (Fsp3) is 0.636. The fourth-order valence-corrected chi connectivity index (χ4v) is 4.53. The van der Waals surface area contributed by atoms with Gasteiger partial charge in [0.05, 0.1) is 12.1 Å². The zero-order valence-electron chi connectivity index (χ0n) is 17.5. The highest BCUT2D eigenvalue weighted by atomic mass is 16.2. The van der Waals surface area contributed by atoms with Gasteiger partial charge in [0.1, 0.15) is 0 Å². The lowest BCUT2D eigenvalue weighted by Crippen LogP contribution is -2.56. The summed E-state index contributed by atoms with van der Waals surface area (Å²) < 4.78 is 0. The van der Waals surface area contributed by atoms with Gasteiger partial charge in [-0.2, -0.15) is 0 Å². The quantitative estimate of drug-likeness (QED) is 0.766. The zero-order chi connectivity index (χ0) is 20.4. The average molecular weight is 400 g/mol. The number of hydrogen-bond acceptors (Lipinski definition) is 5. The molecular formula is C22H33N5O2. The molecule has 1 aromatic carbocycles. The second-order valence-electron chi connectivity index (χ2n) is 8.61. The van der Waals surface area contributed by atoms with E-state index in [1.54, 1.807) is 6.07 Å². The Morgan fingerprint density at radius 3 is 2.24 bits per heavy atom. The number of benzene rings is 1. The number of carbonyl (C=O) groups excluding carboxylic acids is 2. The minimum atomic E-state index is -0.00991. The molecule has 2 amide bonds. The molecule has 2 N–H and O–H groups in total. The number of aryl methyl sites for hydroxylation is 1. The number of amides is 2. The van der Waals surface area contributed by atoms with Crippen molar-refractivity contribution in [3.05, 3.63) is 29.3 Å². The van der Waals surface area contributed by atoms with Crippen molar-refractivity contribution in [2.45, 2.75) is 32.2 Å². The molecular weight excluding hydrogens is 366 g/mol. The van der Waals surface area contributed by atoms with Crippen molar-refractivity contribution in [3.8, 4) is 0 Å². The van der Waals surface area contributed by atoms with Gasteiger partial charge >= 0.3 is 0 Å². The van der Waals surface area contributed by atoms with Gasteiger partial charge in [-0.3, -0.25) is 19.4 Å². The number of nitrogens with two attached hydrogens (primary N) is 1. The standard InChI is InChI=1S/C22H33N5O2/c1-17-4-2-7-19(21(17)23)22(29)27-10-8-24(9-11-27)16-20(28)26-14-12-25(13-15-26)18-5-3-6-18/h2,4,7,18H,3,5-6,8-16,23H2,1H3. The maximum atomic E-state index is 12.8. The predicted octanol–water partition coefficient (Wildman–Crippen LogP) is 1.03. The van der Waals surface area contributed by atoms with E-state index in [1.807, 2.05) is 28.9 Å². The Morgan fingerprint density at radius 1 is 0.966 bits per heavy atom. The molecule has 0 spiro atoms. The van der Waals surface area contributed by atoms with Gasteiger partial charge in [-0.15, -0.1) is 0 Å². The molecule has 1 saturated carbocycles. The second kappa shape index (κ2) is 8.71. The monoisotopic (exact) mass is 399 g/mol. The summed E-state index contributed by atoms with van der Waals surface area (Å²) in [5.41, 5.74) is 8.17. The second-order valence-corrected chi connectivity index (χ2v) is 8.61. The van der Waals surface area contributed by atoms with Gasteiger partial charge in [-0.25, -0.2) is 0 Å². The number of hydrogen-bond donors (Lipinski definition) is 1. The van der Waals surface area contributed by atoms with Gasteiger partial charge in [-0.1, -0.05) is 18.6 Å². The van der Waals surface area contributed by atoms with Crippen LogP contribution in [0.25, 0.3) is 0 Å². The molecule has 2 saturated heterocycles. The van der Waals surface area contributed by atoms with Crippen molar-refractivity contribution < 1.29 is 9.59 Å². The maximum Gasteiger partial charge on any atom is 0.256 e. The van der Waals surface area contributed by atoms with E-state index in [1.165, 1.54) is 19.3 Å². The van der Waals surface area contributed by atoms with E-state index in [4.69, 9.17) is 5.73 Å². The number of para-hydroxylation sites is 1. The van der Waals surface area contributed by atoms with E-state index in [-0.39, 0.29) is 11.8 Å². The summed E-state index contributed by atoms with van der Waals surface area (Å²) >= 11 is 0. The third kappa shape index (κ3) is 4.41. The van der Waals surface area contributed by atoms with Crippen LogP contribution in [0.5, 0.6) is 0 Å². The van der Waals surface area contributed by atoms with Crippen molar-refractivity contribution in [3.63, 3.8) is 0 Å². The molecule has 4 rings (SSSR count). The van der Waals surface area contributed by atoms with Crippen molar-refractivity contribution in [1.82, 2.24) is 19.6 Å². The molecule has 0 aromatic heterocycles. The minimum absolute atomic E-state index is 0.00991. The molecule has 158 valence electrons. The van der Waals surface area contributed by atoms with Gasteiger partial charge in [0.15, 0.2) is 0 Å². The maximum absolute atomic E-state index is 12.8. The molecule has 0 unspecified atom stereocenters. The molecule has 1 aliphatic carbocycles. The molecule has 0 radical (unpaired) electrons. The highest BCUT2D eigenvalue weighted by molar-refractivity contribution is 5.99. The topological polar surface area (TPSA) is 73.1 Å². The third-order valence-electron chi connectivity index (χ3n) is 6.83. The molecule has 3 fully saturated rings. The Labute approximate surface area is 173 Å². The van der Waals surface area contributed by atoms with Crippen LogP contribution in [0.4, 0.5) is 5.69 Å². The normalized spacial score (nSPS) is 21.8. The van der Waals surface area contributed by atoms with Crippen LogP contribution >= 0.6 is 0 Å². The fourth-order valence-electron chi connectivity index (χ4n) is 4.53. The Balaban J connectivity index is 1.23. The van der Waals surface area contributed by atoms with Crippen LogP contribution in [-0.4, -0.2) is 96.4 Å². The minimum Gasteiger partial charge on any atom is -0.398 e. The summed E-state index contributed by atoms with van der Waals surface area (Å²) in [5, 5.41) is 0. The van der Waals surface area contributed by atoms with Crippen LogP contribution < -0.4 is 5.73 Å². The van der Waals surface area contributed by atoms with Gasteiger partial charge in [0.2, 0.25) is 5.91 Å². The lowest BCUT2D eigenvalue weighted by Gasteiger charge is -2.43. The first-order valence-electron chi connectivity index (χ1n) is 10.9. The average Bonchev–Trinajstić information content (AvgIpc) is 2.69. The SMILES string of the molecule is Cc1cccc(C(=O)N2CCN(CC(=O)N3CCN(C4CCC4)CC3)CC2)c1N. The number of rotatable bonds is 4. The highest BCUT2D eigenvalue weighted by Gasteiger charge is 2.30. The number of carbonyl (C=O) groups is 2. The molecule has 0 bridgehead atoms. The van der Waals surface area contributed by atoms with Crippen LogP contribution in [-0.2, 0) is 4.79 Å². The van der Waals surface area contributed by atoms with Crippen LogP contribution in [0, 0.1) is 6.92 Å². The van der Waals surface area contributed by atoms with E-state index >= 15 is 0 Å². The number of anilines is 1. The first-order chi connectivity index (χ1) is 14.0. The predicted molar refractivity (Wildman–Crippen MR) is 114 cm³/mol. The summed E-state index contributed by atoms with van der Waals surface area (Å²) in [7, 11) is 0. The van der Waals surface area contributed by atoms with E-state index < -0.39 is 0 Å². The Hall–Kier alpha value is -2.12. The Bertz CT molecular complexity index is 748. The smallest absolute Gasteiger partial charge is 0.256 e. The van der Waals surface area contributed by atoms with Crippen molar-refractivity contribution in [1.29, 1.82) is 0 Å². The summed E-state index contributed by atoms with van der Waals surface area (Å²) in [6.45, 7) is 8.81. The molecule has 0 atom stereocenters. The highest BCUT2D eigenvalue weighted by Crippen LogP contribution is 2.25. The number of piperazine rings is 2. The van der Waals surface area contributed by atoms with Gasteiger partial charge in [0, 0.05) is 64.1 Å². The van der Waals surface area contributed by atoms with Gasteiger partial charge in [-0.05, 0) is 31.4 Å². The van der Waals surface area contributed by atoms with Crippen LogP contribution in [0.2, 0.25) is 0 Å². The molecule has 29 heavy (non-hydrogen) atoms. The number of nitrogen functional groups attached to an aromatic ring is 1. The molecule has 2 aliphatic heterocycles. The summed E-state index contributed by atoms with van der Waals surface area (Å²) in [6.07, 6.45) is 4.01. The summed E-state index contributed by atoms with van der Waals surface area (Å²) in [5.74, 6) is 0.213. The Morgan fingerprint density at radius 2 is 1.62 bits per heavy atom. The lowest BCUT2D eigenvalue weighted by molar-refractivity contribution is -0.135. The van der Waals surface area contributed by atoms with Gasteiger partial charge < -0.3 is 15.5 Å². The van der Waals surface area contributed by atoms with Gasteiger partial charge in [0.25, 0.3) is 5.91 Å². The summed E-state index contributed by atoms with van der Waals surface area (Å²) in [6, 6.07) is 6.35. The lowest BCUT2D eigenvalue weighted by atomic mass is 9.91. The van der Waals surface area contributed by atoms with E-state index in [9.17, 15) is 9.59 Å². The molecule has 2 heterocycles. The first kappa shape index (κ1) is 20.2. The third-order valence-corrected chi connectivity index (χ3v) is 6.83. The molecule has 1 aromatic rings. The van der Waals surface area contributed by atoms with E-state index in [2.05, 4.69) is 9.80 Å². The van der Waals surface area contributed by atoms with Crippen molar-refractivity contribution in [2.24, 2.45) is 0 Å².